The molecule has 0 saturated carbocycles. The molecule has 0 spiro atoms. The zero-order chi connectivity index (χ0) is 24.8. The van der Waals surface area contributed by atoms with Crippen LogP contribution in [-0.4, -0.2) is 43.6 Å². The van der Waals surface area contributed by atoms with Crippen molar-refractivity contribution < 1.29 is 23.5 Å². The van der Waals surface area contributed by atoms with Gasteiger partial charge >= 0.3 is 6.03 Å². The van der Waals surface area contributed by atoms with E-state index in [1.54, 1.807) is 31.3 Å². The van der Waals surface area contributed by atoms with E-state index >= 15 is 0 Å². The number of hydrogen-bond acceptors (Lipinski definition) is 4. The smallest absolute Gasteiger partial charge is 0.318 e. The first-order chi connectivity index (χ1) is 17.0. The lowest BCUT2D eigenvalue weighted by Crippen LogP contribution is -2.51. The molecule has 3 aromatic carbocycles. The van der Waals surface area contributed by atoms with E-state index in [2.05, 4.69) is 10.6 Å². The number of ether oxygens (including phenoxy) is 2. The lowest BCUT2D eigenvalue weighted by Gasteiger charge is -2.31. The summed E-state index contributed by atoms with van der Waals surface area (Å²) in [6.45, 7) is 0.857. The molecule has 1 aliphatic rings. The number of halogens is 1. The molecule has 2 N–H and O–H groups in total. The molecule has 0 bridgehead atoms. The van der Waals surface area contributed by atoms with Crippen molar-refractivity contribution in [3.63, 3.8) is 0 Å². The van der Waals surface area contributed by atoms with Crippen molar-refractivity contribution in [2.45, 2.75) is 25.4 Å². The Morgan fingerprint density at radius 1 is 0.971 bits per heavy atom. The van der Waals surface area contributed by atoms with Gasteiger partial charge < -0.3 is 25.0 Å². The molecule has 182 valence electrons. The summed E-state index contributed by atoms with van der Waals surface area (Å²) in [5.41, 5.74) is 2.99. The zero-order valence-electron chi connectivity index (χ0n) is 19.7. The zero-order valence-corrected chi connectivity index (χ0v) is 19.7. The summed E-state index contributed by atoms with van der Waals surface area (Å²) in [5, 5.41) is 5.46. The van der Waals surface area contributed by atoms with Crippen molar-refractivity contribution in [1.82, 2.24) is 10.2 Å². The van der Waals surface area contributed by atoms with E-state index in [4.69, 9.17) is 9.47 Å². The second-order valence-electron chi connectivity index (χ2n) is 8.31. The fourth-order valence-corrected chi connectivity index (χ4v) is 4.14. The molecular weight excluding hydrogens is 449 g/mol. The van der Waals surface area contributed by atoms with Crippen molar-refractivity contribution in [3.05, 3.63) is 89.2 Å². The number of benzene rings is 3. The first-order valence-corrected chi connectivity index (χ1v) is 11.4. The van der Waals surface area contributed by atoms with Crippen molar-refractivity contribution in [2.24, 2.45) is 0 Å². The number of carbonyl (C=O) groups is 2. The Kier molecular flexibility index (Phi) is 7.50. The number of fused-ring (bicyclic) bond motifs is 1. The van der Waals surface area contributed by atoms with Gasteiger partial charge in [-0.1, -0.05) is 42.5 Å². The molecule has 0 aliphatic carbocycles. The lowest BCUT2D eigenvalue weighted by molar-refractivity contribution is -0.118. The summed E-state index contributed by atoms with van der Waals surface area (Å²) in [4.78, 5) is 28.0. The fourth-order valence-electron chi connectivity index (χ4n) is 4.14. The van der Waals surface area contributed by atoms with Crippen LogP contribution >= 0.6 is 0 Å². The van der Waals surface area contributed by atoms with Crippen LogP contribution < -0.4 is 20.1 Å². The molecule has 0 saturated heterocycles. The Bertz CT molecular complexity index is 1200. The SMILES string of the molecule is COc1cc2c(cc1OC)CN(C(=O)NC(Cc1ccccc1)C(=O)Nc1ccccc1F)CC2. The topological polar surface area (TPSA) is 79.9 Å². The molecular formula is C27H28FN3O4. The maximum atomic E-state index is 14.1. The minimum absolute atomic E-state index is 0.0674. The van der Waals surface area contributed by atoms with Gasteiger partial charge in [0.05, 0.1) is 19.9 Å². The van der Waals surface area contributed by atoms with Crippen molar-refractivity contribution in [1.29, 1.82) is 0 Å². The summed E-state index contributed by atoms with van der Waals surface area (Å²) < 4.78 is 24.9. The first-order valence-electron chi connectivity index (χ1n) is 11.4. The van der Waals surface area contributed by atoms with Gasteiger partial charge in [-0.3, -0.25) is 4.79 Å². The van der Waals surface area contributed by atoms with Crippen LogP contribution in [0, 0.1) is 5.82 Å². The Morgan fingerprint density at radius 3 is 2.31 bits per heavy atom. The molecule has 1 aliphatic heterocycles. The Balaban J connectivity index is 1.51. The first kappa shape index (κ1) is 24.1. The van der Waals surface area contributed by atoms with E-state index in [0.29, 0.717) is 31.0 Å². The molecule has 3 aromatic rings. The summed E-state index contributed by atoms with van der Waals surface area (Å²) >= 11 is 0. The van der Waals surface area contributed by atoms with Crippen LogP contribution in [0.25, 0.3) is 0 Å². The molecule has 1 atom stereocenters. The van der Waals surface area contributed by atoms with Gasteiger partial charge in [0.25, 0.3) is 0 Å². The quantitative estimate of drug-likeness (QED) is 0.536. The normalized spacial score (nSPS) is 13.4. The van der Waals surface area contributed by atoms with Gasteiger partial charge in [0.2, 0.25) is 5.91 Å². The number of para-hydroxylation sites is 1. The number of methoxy groups -OCH3 is 2. The lowest BCUT2D eigenvalue weighted by atomic mass is 9.99. The van der Waals surface area contributed by atoms with Crippen molar-refractivity contribution >= 4 is 17.6 Å². The molecule has 35 heavy (non-hydrogen) atoms. The third-order valence-electron chi connectivity index (χ3n) is 6.03. The number of urea groups is 1. The number of nitrogens with zero attached hydrogens (tertiary/aromatic N) is 1. The molecule has 3 amide bonds. The molecule has 1 unspecified atom stereocenters. The van der Waals surface area contributed by atoms with Crippen LogP contribution in [0.5, 0.6) is 11.5 Å². The average Bonchev–Trinajstić information content (AvgIpc) is 2.88. The maximum absolute atomic E-state index is 14.1. The van der Waals surface area contributed by atoms with E-state index in [1.165, 1.54) is 12.1 Å². The molecule has 0 fully saturated rings. The van der Waals surface area contributed by atoms with Crippen molar-refractivity contribution in [3.8, 4) is 11.5 Å². The number of anilines is 1. The monoisotopic (exact) mass is 477 g/mol. The molecule has 4 rings (SSSR count). The van der Waals surface area contributed by atoms with Gasteiger partial charge in [0, 0.05) is 19.5 Å². The number of rotatable bonds is 7. The van der Waals surface area contributed by atoms with E-state index in [1.807, 2.05) is 42.5 Å². The van der Waals surface area contributed by atoms with Gasteiger partial charge in [0.1, 0.15) is 11.9 Å². The van der Waals surface area contributed by atoms with Crippen LogP contribution in [0.15, 0.2) is 66.7 Å². The van der Waals surface area contributed by atoms with Gasteiger partial charge in [-0.25, -0.2) is 9.18 Å². The molecule has 7 nitrogen and oxygen atoms in total. The Morgan fingerprint density at radius 2 is 1.63 bits per heavy atom. The van der Waals surface area contributed by atoms with Crippen LogP contribution in [0.3, 0.4) is 0 Å². The van der Waals surface area contributed by atoms with Crippen LogP contribution in [0.1, 0.15) is 16.7 Å². The standard InChI is InChI=1S/C27H28FN3O4/c1-34-24-15-19-12-13-31(17-20(19)16-25(24)35-2)27(33)30-23(14-18-8-4-3-5-9-18)26(32)29-22-11-7-6-10-21(22)28/h3-11,15-16,23H,12-14,17H2,1-2H3,(H,29,32)(H,30,33). The van der Waals surface area contributed by atoms with Gasteiger partial charge in [0.15, 0.2) is 11.5 Å². The van der Waals surface area contributed by atoms with E-state index in [0.717, 1.165) is 16.7 Å². The third-order valence-corrected chi connectivity index (χ3v) is 6.03. The predicted octanol–water partition coefficient (Wildman–Crippen LogP) is 4.16. The van der Waals surface area contributed by atoms with Crippen molar-refractivity contribution in [2.75, 3.05) is 26.1 Å². The second-order valence-corrected chi connectivity index (χ2v) is 8.31. The maximum Gasteiger partial charge on any atom is 0.318 e. The Hall–Kier alpha value is -4.07. The summed E-state index contributed by atoms with van der Waals surface area (Å²) in [6.07, 6.45) is 0.913. The van der Waals surface area contributed by atoms with Gasteiger partial charge in [-0.2, -0.15) is 0 Å². The number of nitrogens with one attached hydrogen (secondary N) is 2. The minimum atomic E-state index is -0.892. The summed E-state index contributed by atoms with van der Waals surface area (Å²) in [6, 6.07) is 17.9. The summed E-state index contributed by atoms with van der Waals surface area (Å²) in [5.74, 6) is 0.218. The highest BCUT2D eigenvalue weighted by Crippen LogP contribution is 2.33. The highest BCUT2D eigenvalue weighted by Gasteiger charge is 2.27. The van der Waals surface area contributed by atoms with E-state index < -0.39 is 17.8 Å². The van der Waals surface area contributed by atoms with Crippen LogP contribution in [0.4, 0.5) is 14.9 Å². The van der Waals surface area contributed by atoms with Gasteiger partial charge in [-0.05, 0) is 47.4 Å². The van der Waals surface area contributed by atoms with E-state index in [9.17, 15) is 14.0 Å². The fraction of sp³-hybridized carbons (Fsp3) is 0.259. The molecule has 0 radical (unpaired) electrons. The van der Waals surface area contributed by atoms with Gasteiger partial charge in [-0.15, -0.1) is 0 Å². The predicted molar refractivity (Wildman–Crippen MR) is 131 cm³/mol. The Labute approximate surface area is 203 Å². The minimum Gasteiger partial charge on any atom is -0.493 e. The molecule has 1 heterocycles. The third kappa shape index (κ3) is 5.71. The largest absolute Gasteiger partial charge is 0.493 e. The number of amides is 3. The summed E-state index contributed by atoms with van der Waals surface area (Å²) in [7, 11) is 3.16. The highest BCUT2D eigenvalue weighted by atomic mass is 19.1. The highest BCUT2D eigenvalue weighted by molar-refractivity contribution is 5.97. The van der Waals surface area contributed by atoms with Crippen LogP contribution in [0.2, 0.25) is 0 Å². The second kappa shape index (κ2) is 10.9. The molecule has 8 heteroatoms. The number of hydrogen-bond donors (Lipinski definition) is 2. The van der Waals surface area contributed by atoms with Crippen LogP contribution in [-0.2, 0) is 24.2 Å². The molecule has 0 aromatic heterocycles. The van der Waals surface area contributed by atoms with E-state index in [-0.39, 0.29) is 18.1 Å². The average molecular weight is 478 g/mol. The number of carbonyl (C=O) groups excluding carboxylic acids is 2.